The fourth-order valence-electron chi connectivity index (χ4n) is 3.05. The van der Waals surface area contributed by atoms with E-state index < -0.39 is 0 Å². The highest BCUT2D eigenvalue weighted by Gasteiger charge is 2.41. The lowest BCUT2D eigenvalue weighted by molar-refractivity contribution is 0.0992. The quantitative estimate of drug-likeness (QED) is 0.577. The molecular formula is C14H25N3O. The summed E-state index contributed by atoms with van der Waals surface area (Å²) in [5.41, 5.74) is 0. The molecule has 3 fully saturated rings. The number of ether oxygens (including phenoxy) is 1. The number of hydrogen-bond acceptors (Lipinski definition) is 2. The molecule has 2 heterocycles. The summed E-state index contributed by atoms with van der Waals surface area (Å²) < 4.78 is 5.87. The smallest absolute Gasteiger partial charge is 0.191 e. The van der Waals surface area contributed by atoms with Crippen LogP contribution in [-0.2, 0) is 4.74 Å². The van der Waals surface area contributed by atoms with E-state index in [2.05, 4.69) is 22.5 Å². The second-order valence-corrected chi connectivity index (χ2v) is 5.85. The summed E-state index contributed by atoms with van der Waals surface area (Å²) in [7, 11) is 0. The first-order valence-electron chi connectivity index (χ1n) is 7.55. The van der Waals surface area contributed by atoms with Gasteiger partial charge in [-0.1, -0.05) is 12.8 Å². The molecule has 1 aliphatic carbocycles. The maximum absolute atomic E-state index is 5.87. The van der Waals surface area contributed by atoms with Crippen LogP contribution in [-0.4, -0.2) is 37.3 Å². The second-order valence-electron chi connectivity index (χ2n) is 5.85. The van der Waals surface area contributed by atoms with Crippen molar-refractivity contribution in [1.29, 1.82) is 0 Å². The van der Waals surface area contributed by atoms with E-state index in [1.807, 2.05) is 0 Å². The summed E-state index contributed by atoms with van der Waals surface area (Å²) in [6.45, 7) is 4.01. The molecule has 3 aliphatic rings. The molecule has 4 nitrogen and oxygen atoms in total. The van der Waals surface area contributed by atoms with Gasteiger partial charge in [0.05, 0.1) is 18.2 Å². The zero-order chi connectivity index (χ0) is 12.4. The van der Waals surface area contributed by atoms with Crippen LogP contribution in [0.3, 0.4) is 0 Å². The Balaban J connectivity index is 1.49. The van der Waals surface area contributed by atoms with Crippen LogP contribution < -0.4 is 10.6 Å². The molecule has 1 saturated carbocycles. The highest BCUT2D eigenvalue weighted by Crippen LogP contribution is 2.34. The van der Waals surface area contributed by atoms with Gasteiger partial charge >= 0.3 is 0 Å². The van der Waals surface area contributed by atoms with Crippen molar-refractivity contribution in [2.24, 2.45) is 10.9 Å². The van der Waals surface area contributed by atoms with Crippen LogP contribution in [0.25, 0.3) is 0 Å². The van der Waals surface area contributed by atoms with Gasteiger partial charge in [0.2, 0.25) is 0 Å². The van der Waals surface area contributed by atoms with Crippen molar-refractivity contribution in [3.8, 4) is 0 Å². The summed E-state index contributed by atoms with van der Waals surface area (Å²) in [5, 5.41) is 6.90. The third-order valence-electron chi connectivity index (χ3n) is 4.28. The van der Waals surface area contributed by atoms with Gasteiger partial charge in [0.1, 0.15) is 0 Å². The van der Waals surface area contributed by atoms with Gasteiger partial charge in [-0.05, 0) is 38.5 Å². The second kappa shape index (κ2) is 5.47. The van der Waals surface area contributed by atoms with Crippen LogP contribution in [0.2, 0.25) is 0 Å². The fraction of sp³-hybridized carbons (Fsp3) is 0.929. The van der Waals surface area contributed by atoms with Crippen molar-refractivity contribution < 1.29 is 4.74 Å². The van der Waals surface area contributed by atoms with Gasteiger partial charge in [0.15, 0.2) is 5.96 Å². The number of guanidine groups is 1. The maximum atomic E-state index is 5.87. The standard InChI is InChI=1S/C14H25N3O/c1-2-15-14(16-8-7-10-3-4-10)17-12-9-11-5-6-13(12)18-11/h10-13H,2-9H2,1H3,(H2,15,16,17). The molecule has 2 N–H and O–H groups in total. The molecule has 2 saturated heterocycles. The number of aliphatic imine (C=N–C) groups is 1. The molecule has 0 aromatic heterocycles. The maximum Gasteiger partial charge on any atom is 0.191 e. The highest BCUT2D eigenvalue weighted by molar-refractivity contribution is 5.80. The predicted molar refractivity (Wildman–Crippen MR) is 72.8 cm³/mol. The molecule has 2 aliphatic heterocycles. The van der Waals surface area contributed by atoms with Gasteiger partial charge in [-0.15, -0.1) is 0 Å². The Morgan fingerprint density at radius 3 is 2.78 bits per heavy atom. The molecule has 0 aromatic rings. The van der Waals surface area contributed by atoms with Crippen LogP contribution in [0.1, 0.15) is 45.4 Å². The average Bonchev–Trinajstić information content (AvgIpc) is 2.95. The molecule has 4 heteroatoms. The molecule has 102 valence electrons. The van der Waals surface area contributed by atoms with Gasteiger partial charge in [-0.25, -0.2) is 0 Å². The molecule has 3 unspecified atom stereocenters. The number of nitrogens with zero attached hydrogens (tertiary/aromatic N) is 1. The first kappa shape index (κ1) is 12.3. The van der Waals surface area contributed by atoms with Crippen LogP contribution in [0.5, 0.6) is 0 Å². The minimum atomic E-state index is 0.419. The van der Waals surface area contributed by atoms with E-state index in [1.165, 1.54) is 32.1 Å². The third-order valence-corrected chi connectivity index (χ3v) is 4.28. The minimum Gasteiger partial charge on any atom is -0.373 e. The first-order chi connectivity index (χ1) is 8.85. The van der Waals surface area contributed by atoms with E-state index in [9.17, 15) is 0 Å². The molecule has 3 rings (SSSR count). The van der Waals surface area contributed by atoms with Gasteiger partial charge in [0.25, 0.3) is 0 Å². The van der Waals surface area contributed by atoms with E-state index in [0.29, 0.717) is 18.2 Å². The number of hydrogen-bond donors (Lipinski definition) is 2. The van der Waals surface area contributed by atoms with Gasteiger partial charge in [-0.3, -0.25) is 4.99 Å². The third kappa shape index (κ3) is 2.97. The Labute approximate surface area is 110 Å². The number of rotatable bonds is 5. The lowest BCUT2D eigenvalue weighted by Crippen LogP contribution is -2.47. The zero-order valence-corrected chi connectivity index (χ0v) is 11.3. The summed E-state index contributed by atoms with van der Waals surface area (Å²) >= 11 is 0. The van der Waals surface area contributed by atoms with E-state index >= 15 is 0 Å². The van der Waals surface area contributed by atoms with Crippen molar-refractivity contribution >= 4 is 5.96 Å². The number of nitrogens with one attached hydrogen (secondary N) is 2. The molecular weight excluding hydrogens is 226 g/mol. The van der Waals surface area contributed by atoms with Gasteiger partial charge in [-0.2, -0.15) is 0 Å². The summed E-state index contributed by atoms with van der Waals surface area (Å²) in [6, 6.07) is 0.475. The highest BCUT2D eigenvalue weighted by atomic mass is 16.5. The Morgan fingerprint density at radius 1 is 1.28 bits per heavy atom. The summed E-state index contributed by atoms with van der Waals surface area (Å²) in [5.74, 6) is 1.95. The Kier molecular flexibility index (Phi) is 3.73. The molecule has 0 aromatic carbocycles. The van der Waals surface area contributed by atoms with Crippen LogP contribution in [0.4, 0.5) is 0 Å². The van der Waals surface area contributed by atoms with Gasteiger partial charge < -0.3 is 15.4 Å². The van der Waals surface area contributed by atoms with E-state index in [1.54, 1.807) is 0 Å². The van der Waals surface area contributed by atoms with Crippen LogP contribution in [0, 0.1) is 5.92 Å². The predicted octanol–water partition coefficient (Wildman–Crippen LogP) is 1.66. The van der Waals surface area contributed by atoms with Crippen LogP contribution in [0.15, 0.2) is 4.99 Å². The van der Waals surface area contributed by atoms with E-state index in [4.69, 9.17) is 4.74 Å². The normalized spacial score (nSPS) is 34.9. The lowest BCUT2D eigenvalue weighted by Gasteiger charge is -2.22. The Hall–Kier alpha value is -0.770. The Morgan fingerprint density at radius 2 is 2.17 bits per heavy atom. The molecule has 0 radical (unpaired) electrons. The molecule has 0 amide bonds. The lowest BCUT2D eigenvalue weighted by atomic mass is 9.96. The monoisotopic (exact) mass is 251 g/mol. The summed E-state index contributed by atoms with van der Waals surface area (Å²) in [4.78, 5) is 4.68. The van der Waals surface area contributed by atoms with Crippen molar-refractivity contribution in [2.45, 2.75) is 63.7 Å². The minimum absolute atomic E-state index is 0.419. The molecule has 2 bridgehead atoms. The molecule has 18 heavy (non-hydrogen) atoms. The van der Waals surface area contributed by atoms with Gasteiger partial charge in [0, 0.05) is 13.1 Å². The zero-order valence-electron chi connectivity index (χ0n) is 11.3. The molecule has 3 atom stereocenters. The summed E-state index contributed by atoms with van der Waals surface area (Å²) in [6.07, 6.45) is 8.62. The fourth-order valence-corrected chi connectivity index (χ4v) is 3.05. The number of fused-ring (bicyclic) bond motifs is 2. The first-order valence-corrected chi connectivity index (χ1v) is 7.55. The van der Waals surface area contributed by atoms with E-state index in [-0.39, 0.29) is 0 Å². The Bertz CT molecular complexity index is 314. The van der Waals surface area contributed by atoms with Crippen molar-refractivity contribution in [3.63, 3.8) is 0 Å². The van der Waals surface area contributed by atoms with Crippen molar-refractivity contribution in [1.82, 2.24) is 10.6 Å². The van der Waals surface area contributed by atoms with Crippen molar-refractivity contribution in [2.75, 3.05) is 13.1 Å². The van der Waals surface area contributed by atoms with E-state index in [0.717, 1.165) is 31.4 Å². The van der Waals surface area contributed by atoms with Crippen molar-refractivity contribution in [3.05, 3.63) is 0 Å². The largest absolute Gasteiger partial charge is 0.373 e. The molecule has 0 spiro atoms. The SMILES string of the molecule is CCNC(=NCCC1CC1)NC1CC2CCC1O2. The average molecular weight is 251 g/mol. The topological polar surface area (TPSA) is 45.7 Å². The van der Waals surface area contributed by atoms with Crippen LogP contribution >= 0.6 is 0 Å².